The molecule has 0 spiro atoms. The number of hydrogen-bond donors (Lipinski definition) is 2. The molecule has 5 nitrogen and oxygen atoms in total. The molecule has 1 aliphatic rings. The monoisotopic (exact) mass is 261 g/mol. The van der Waals surface area contributed by atoms with E-state index in [1.165, 1.54) is 4.72 Å². The van der Waals surface area contributed by atoms with Crippen molar-refractivity contribution < 1.29 is 31.5 Å². The van der Waals surface area contributed by atoms with Crippen LogP contribution in [-0.4, -0.2) is 37.0 Å². The van der Waals surface area contributed by atoms with Gasteiger partial charge < -0.3 is 5.11 Å². The van der Waals surface area contributed by atoms with Crippen LogP contribution in [0.2, 0.25) is 0 Å². The van der Waals surface area contributed by atoms with Gasteiger partial charge in [0.1, 0.15) is 5.54 Å². The van der Waals surface area contributed by atoms with Gasteiger partial charge in [-0.05, 0) is 12.8 Å². The Morgan fingerprint density at radius 3 is 2.19 bits per heavy atom. The summed E-state index contributed by atoms with van der Waals surface area (Å²) in [4.78, 5) is 10.1. The molecule has 2 N–H and O–H groups in total. The van der Waals surface area contributed by atoms with Gasteiger partial charge in [0.15, 0.2) is 0 Å². The smallest absolute Gasteiger partial charge is 0.407 e. The highest BCUT2D eigenvalue weighted by Crippen LogP contribution is 2.49. The molecule has 1 saturated carbocycles. The van der Waals surface area contributed by atoms with Crippen molar-refractivity contribution in [1.82, 2.24) is 4.72 Å². The Morgan fingerprint density at radius 2 is 1.88 bits per heavy atom. The normalized spacial score (nSPS) is 19.4. The molecule has 0 aromatic carbocycles. The fourth-order valence-electron chi connectivity index (χ4n) is 1.14. The first-order valence-corrected chi connectivity index (χ1v) is 6.03. The molecule has 1 fully saturated rings. The van der Waals surface area contributed by atoms with E-state index in [-0.39, 0.29) is 12.8 Å². The van der Waals surface area contributed by atoms with Gasteiger partial charge in [0.05, 0.1) is 12.2 Å². The van der Waals surface area contributed by atoms with Gasteiger partial charge in [0.25, 0.3) is 0 Å². The van der Waals surface area contributed by atoms with Crippen LogP contribution in [0.15, 0.2) is 0 Å². The third-order valence-electron chi connectivity index (χ3n) is 2.23. The van der Waals surface area contributed by atoms with Crippen molar-refractivity contribution in [3.63, 3.8) is 0 Å². The minimum atomic E-state index is -4.64. The van der Waals surface area contributed by atoms with Gasteiger partial charge in [-0.1, -0.05) is 0 Å². The number of carboxylic acid groups (broad SMARTS) is 1. The minimum Gasteiger partial charge on any atom is -0.481 e. The van der Waals surface area contributed by atoms with Gasteiger partial charge in [-0.2, -0.15) is 17.9 Å². The highest BCUT2D eigenvalue weighted by molar-refractivity contribution is 7.89. The van der Waals surface area contributed by atoms with E-state index in [1.54, 1.807) is 0 Å². The number of halogens is 3. The van der Waals surface area contributed by atoms with E-state index in [4.69, 9.17) is 5.11 Å². The van der Waals surface area contributed by atoms with E-state index in [0.29, 0.717) is 0 Å². The van der Waals surface area contributed by atoms with Gasteiger partial charge in [-0.15, -0.1) is 0 Å². The lowest BCUT2D eigenvalue weighted by molar-refractivity contribution is -0.160. The molecule has 0 aliphatic heterocycles. The Kier molecular flexibility index (Phi) is 3.21. The molecule has 0 heterocycles. The van der Waals surface area contributed by atoms with Crippen LogP contribution in [0.25, 0.3) is 0 Å². The zero-order chi connectivity index (χ0) is 12.6. The van der Waals surface area contributed by atoms with Crippen LogP contribution in [0.3, 0.4) is 0 Å². The summed E-state index contributed by atoms with van der Waals surface area (Å²) in [7, 11) is -4.21. The quantitative estimate of drug-likeness (QED) is 0.753. The highest BCUT2D eigenvalue weighted by atomic mass is 32.2. The predicted molar refractivity (Wildman–Crippen MR) is 47.2 cm³/mol. The molecule has 0 amide bonds. The number of aliphatic carboxylic acids is 1. The maximum atomic E-state index is 12.4. The van der Waals surface area contributed by atoms with Crippen molar-refractivity contribution in [1.29, 1.82) is 0 Å². The maximum Gasteiger partial charge on any atom is 0.407 e. The van der Waals surface area contributed by atoms with Crippen molar-refractivity contribution in [2.24, 2.45) is 0 Å². The highest BCUT2D eigenvalue weighted by Gasteiger charge is 2.65. The molecule has 9 heteroatoms. The number of alkyl halides is 3. The Labute approximate surface area is 89.7 Å². The average Bonchev–Trinajstić information content (AvgIpc) is 2.80. The largest absolute Gasteiger partial charge is 0.481 e. The van der Waals surface area contributed by atoms with Crippen molar-refractivity contribution in [3.8, 4) is 0 Å². The summed E-state index contributed by atoms with van der Waals surface area (Å²) in [5.41, 5.74) is -2.37. The van der Waals surface area contributed by atoms with Gasteiger partial charge in [0.2, 0.25) is 10.0 Å². The van der Waals surface area contributed by atoms with E-state index >= 15 is 0 Å². The second-order valence-electron chi connectivity index (χ2n) is 3.64. The standard InChI is InChI=1S/C7H10F3NO4S/c8-7(9,10)6(2-3-6)11-16(14,15)4-1-5(12)13/h11H,1-4H2,(H,12,13). The zero-order valence-electron chi connectivity index (χ0n) is 8.04. The predicted octanol–water partition coefficient (Wildman–Crippen LogP) is 0.475. The Hall–Kier alpha value is -0.830. The van der Waals surface area contributed by atoms with Crippen LogP contribution in [0.1, 0.15) is 19.3 Å². The molecular formula is C7H10F3NO4S. The fraction of sp³-hybridized carbons (Fsp3) is 0.857. The Morgan fingerprint density at radius 1 is 1.38 bits per heavy atom. The van der Waals surface area contributed by atoms with Crippen LogP contribution in [-0.2, 0) is 14.8 Å². The number of sulfonamides is 1. The van der Waals surface area contributed by atoms with E-state index in [2.05, 4.69) is 0 Å². The third kappa shape index (κ3) is 3.08. The van der Waals surface area contributed by atoms with E-state index in [0.717, 1.165) is 0 Å². The molecule has 0 saturated heterocycles. The van der Waals surface area contributed by atoms with Crippen molar-refractivity contribution in [2.75, 3.05) is 5.75 Å². The zero-order valence-corrected chi connectivity index (χ0v) is 8.86. The SMILES string of the molecule is O=C(O)CCS(=O)(=O)NC1(C(F)(F)F)CC1. The lowest BCUT2D eigenvalue weighted by Gasteiger charge is -2.20. The topological polar surface area (TPSA) is 83.5 Å². The van der Waals surface area contributed by atoms with Crippen LogP contribution in [0.4, 0.5) is 13.2 Å². The fourth-order valence-corrected chi connectivity index (χ4v) is 2.60. The second kappa shape index (κ2) is 3.88. The molecule has 94 valence electrons. The molecular weight excluding hydrogens is 251 g/mol. The summed E-state index contributed by atoms with van der Waals surface area (Å²) in [6.45, 7) is 0. The van der Waals surface area contributed by atoms with Crippen LogP contribution in [0.5, 0.6) is 0 Å². The maximum absolute atomic E-state index is 12.4. The van der Waals surface area contributed by atoms with Crippen LogP contribution < -0.4 is 4.72 Å². The molecule has 0 bridgehead atoms. The summed E-state index contributed by atoms with van der Waals surface area (Å²) in [5, 5.41) is 8.24. The summed E-state index contributed by atoms with van der Waals surface area (Å²) in [5.74, 6) is -2.22. The van der Waals surface area contributed by atoms with Gasteiger partial charge >= 0.3 is 12.1 Å². The molecule has 16 heavy (non-hydrogen) atoms. The minimum absolute atomic E-state index is 0.303. The molecule has 1 aliphatic carbocycles. The average molecular weight is 261 g/mol. The number of hydrogen-bond acceptors (Lipinski definition) is 3. The Balaban J connectivity index is 2.64. The van der Waals surface area contributed by atoms with E-state index < -0.39 is 39.9 Å². The first-order valence-electron chi connectivity index (χ1n) is 4.38. The molecule has 0 radical (unpaired) electrons. The summed E-state index contributed by atoms with van der Waals surface area (Å²) in [6.07, 6.45) is -5.96. The van der Waals surface area contributed by atoms with E-state index in [1.807, 2.05) is 0 Å². The summed E-state index contributed by atoms with van der Waals surface area (Å²) < 4.78 is 61.0. The molecule has 0 unspecified atom stereocenters. The second-order valence-corrected chi connectivity index (χ2v) is 5.49. The van der Waals surface area contributed by atoms with Gasteiger partial charge in [-0.25, -0.2) is 8.42 Å². The summed E-state index contributed by atoms with van der Waals surface area (Å²) >= 11 is 0. The number of carbonyl (C=O) groups is 1. The molecule has 0 aromatic heterocycles. The van der Waals surface area contributed by atoms with Crippen molar-refractivity contribution >= 4 is 16.0 Å². The lowest BCUT2D eigenvalue weighted by Crippen LogP contribution is -2.48. The number of rotatable bonds is 5. The van der Waals surface area contributed by atoms with Crippen LogP contribution in [0, 0.1) is 0 Å². The lowest BCUT2D eigenvalue weighted by atomic mass is 10.3. The molecule has 1 rings (SSSR count). The number of carboxylic acids is 1. The van der Waals surface area contributed by atoms with Gasteiger partial charge in [-0.3, -0.25) is 4.79 Å². The van der Waals surface area contributed by atoms with Crippen molar-refractivity contribution in [2.45, 2.75) is 31.0 Å². The van der Waals surface area contributed by atoms with Gasteiger partial charge in [0, 0.05) is 0 Å². The third-order valence-corrected chi connectivity index (χ3v) is 3.67. The van der Waals surface area contributed by atoms with Crippen molar-refractivity contribution in [3.05, 3.63) is 0 Å². The molecule has 0 atom stereocenters. The first kappa shape index (κ1) is 13.2. The van der Waals surface area contributed by atoms with Crippen LogP contribution >= 0.6 is 0 Å². The summed E-state index contributed by atoms with van der Waals surface area (Å²) in [6, 6.07) is 0. The first-order chi connectivity index (χ1) is 7.08. The number of nitrogens with one attached hydrogen (secondary N) is 1. The molecule has 0 aromatic rings. The Bertz CT molecular complexity index is 385. The van der Waals surface area contributed by atoms with E-state index in [9.17, 15) is 26.4 Å².